The van der Waals surface area contributed by atoms with Gasteiger partial charge in [-0.3, -0.25) is 9.67 Å². The molecule has 1 atom stereocenters. The lowest BCUT2D eigenvalue weighted by molar-refractivity contribution is 0.610. The van der Waals surface area contributed by atoms with E-state index in [1.165, 1.54) is 12.3 Å². The Bertz CT molecular complexity index is 733. The van der Waals surface area contributed by atoms with Gasteiger partial charge in [0.25, 0.3) is 0 Å². The molecule has 1 aromatic carbocycles. The summed E-state index contributed by atoms with van der Waals surface area (Å²) in [6.45, 7) is 0. The van der Waals surface area contributed by atoms with Crippen LogP contribution in [0, 0.1) is 5.82 Å². The number of pyridine rings is 1. The van der Waals surface area contributed by atoms with Crippen molar-refractivity contribution in [1.82, 2.24) is 14.8 Å². The summed E-state index contributed by atoms with van der Waals surface area (Å²) in [5.41, 5.74) is 8.81. The van der Waals surface area contributed by atoms with Gasteiger partial charge in [-0.1, -0.05) is 18.2 Å². The molecule has 3 rings (SSSR count). The number of aromatic nitrogens is 3. The first-order chi connectivity index (χ1) is 9.65. The summed E-state index contributed by atoms with van der Waals surface area (Å²) in [6, 6.07) is 10.7. The van der Waals surface area contributed by atoms with Gasteiger partial charge in [0.2, 0.25) is 0 Å². The SMILES string of the molecule is Cn1nc(CC(N)c2ccc(F)cn2)c2ccccc21. The standard InChI is InChI=1S/C15H15FN4/c1-20-15-5-3-2-4-11(15)14(19-20)8-12(17)13-7-6-10(16)9-18-13/h2-7,9,12H,8,17H2,1H3. The zero-order valence-corrected chi connectivity index (χ0v) is 11.1. The van der Waals surface area contributed by atoms with Crippen LogP contribution in [-0.4, -0.2) is 14.8 Å². The zero-order chi connectivity index (χ0) is 14.1. The van der Waals surface area contributed by atoms with Gasteiger partial charge in [0.15, 0.2) is 0 Å². The van der Waals surface area contributed by atoms with Crippen molar-refractivity contribution in [2.45, 2.75) is 12.5 Å². The molecule has 0 aliphatic carbocycles. The second kappa shape index (κ2) is 5.02. The number of nitrogens with two attached hydrogens (primary N) is 1. The second-order valence-electron chi connectivity index (χ2n) is 4.80. The predicted molar refractivity (Wildman–Crippen MR) is 75.5 cm³/mol. The quantitative estimate of drug-likeness (QED) is 0.794. The third-order valence-corrected chi connectivity index (χ3v) is 3.38. The van der Waals surface area contributed by atoms with Crippen molar-refractivity contribution in [3.63, 3.8) is 0 Å². The van der Waals surface area contributed by atoms with E-state index in [0.717, 1.165) is 16.6 Å². The summed E-state index contributed by atoms with van der Waals surface area (Å²) in [7, 11) is 1.91. The van der Waals surface area contributed by atoms with Crippen LogP contribution in [0.5, 0.6) is 0 Å². The molecule has 0 spiro atoms. The van der Waals surface area contributed by atoms with Crippen LogP contribution in [0.2, 0.25) is 0 Å². The van der Waals surface area contributed by atoms with Crippen LogP contribution in [0.4, 0.5) is 4.39 Å². The maximum absolute atomic E-state index is 12.9. The Morgan fingerprint density at radius 1 is 1.25 bits per heavy atom. The number of rotatable bonds is 3. The summed E-state index contributed by atoms with van der Waals surface area (Å²) in [5, 5.41) is 5.60. The van der Waals surface area contributed by atoms with Gasteiger partial charge in [0.05, 0.1) is 29.1 Å². The molecule has 2 aromatic heterocycles. The van der Waals surface area contributed by atoms with Crippen molar-refractivity contribution in [2.75, 3.05) is 0 Å². The van der Waals surface area contributed by atoms with Crippen LogP contribution in [0.15, 0.2) is 42.6 Å². The third kappa shape index (κ3) is 2.28. The molecular formula is C15H15FN4. The van der Waals surface area contributed by atoms with Crippen LogP contribution < -0.4 is 5.73 Å². The Kier molecular flexibility index (Phi) is 3.20. The van der Waals surface area contributed by atoms with Crippen LogP contribution in [-0.2, 0) is 13.5 Å². The summed E-state index contributed by atoms with van der Waals surface area (Å²) in [6.07, 6.45) is 1.76. The number of hydrogen-bond donors (Lipinski definition) is 1. The number of nitrogens with zero attached hydrogens (tertiary/aromatic N) is 3. The molecule has 0 aliphatic heterocycles. The molecular weight excluding hydrogens is 255 g/mol. The van der Waals surface area contributed by atoms with Crippen LogP contribution in [0.1, 0.15) is 17.4 Å². The molecule has 1 unspecified atom stereocenters. The van der Waals surface area contributed by atoms with Crippen LogP contribution in [0.3, 0.4) is 0 Å². The summed E-state index contributed by atoms with van der Waals surface area (Å²) < 4.78 is 14.7. The van der Waals surface area contributed by atoms with Crippen molar-refractivity contribution in [1.29, 1.82) is 0 Å². The van der Waals surface area contributed by atoms with E-state index in [9.17, 15) is 4.39 Å². The maximum Gasteiger partial charge on any atom is 0.141 e. The first kappa shape index (κ1) is 12.7. The van der Waals surface area contributed by atoms with Crippen LogP contribution >= 0.6 is 0 Å². The molecule has 4 nitrogen and oxygen atoms in total. The summed E-state index contributed by atoms with van der Waals surface area (Å²) in [5.74, 6) is -0.357. The van der Waals surface area contributed by atoms with Crippen molar-refractivity contribution in [3.8, 4) is 0 Å². The van der Waals surface area contributed by atoms with Gasteiger partial charge in [-0.25, -0.2) is 4.39 Å². The zero-order valence-electron chi connectivity index (χ0n) is 11.1. The normalized spacial score (nSPS) is 12.8. The number of aryl methyl sites for hydroxylation is 1. The molecule has 0 bridgehead atoms. The molecule has 2 N–H and O–H groups in total. The van der Waals surface area contributed by atoms with Crippen molar-refractivity contribution >= 4 is 10.9 Å². The highest BCUT2D eigenvalue weighted by molar-refractivity contribution is 5.81. The van der Waals surface area contributed by atoms with Gasteiger partial charge in [0.1, 0.15) is 5.82 Å². The van der Waals surface area contributed by atoms with E-state index in [1.807, 2.05) is 36.0 Å². The molecule has 0 aliphatic rings. The number of benzene rings is 1. The number of fused-ring (bicyclic) bond motifs is 1. The Morgan fingerprint density at radius 3 is 2.80 bits per heavy atom. The van der Waals surface area contributed by atoms with Crippen molar-refractivity contribution in [3.05, 3.63) is 59.8 Å². The fourth-order valence-electron chi connectivity index (χ4n) is 2.36. The van der Waals surface area contributed by atoms with Gasteiger partial charge in [-0.2, -0.15) is 5.10 Å². The van der Waals surface area contributed by atoms with E-state index in [0.29, 0.717) is 12.1 Å². The lowest BCUT2D eigenvalue weighted by Crippen LogP contribution is -2.15. The van der Waals surface area contributed by atoms with Crippen molar-refractivity contribution in [2.24, 2.45) is 12.8 Å². The average molecular weight is 270 g/mol. The van der Waals surface area contributed by atoms with E-state index in [-0.39, 0.29) is 11.9 Å². The third-order valence-electron chi connectivity index (χ3n) is 3.38. The first-order valence-electron chi connectivity index (χ1n) is 6.43. The minimum atomic E-state index is -0.357. The van der Waals surface area contributed by atoms with E-state index >= 15 is 0 Å². The lowest BCUT2D eigenvalue weighted by atomic mass is 10.1. The number of hydrogen-bond acceptors (Lipinski definition) is 3. The molecule has 5 heteroatoms. The molecule has 0 fully saturated rings. The topological polar surface area (TPSA) is 56.7 Å². The predicted octanol–water partition coefficient (Wildman–Crippen LogP) is 2.35. The minimum absolute atomic E-state index is 0.297. The molecule has 20 heavy (non-hydrogen) atoms. The van der Waals surface area contributed by atoms with E-state index in [1.54, 1.807) is 6.07 Å². The first-order valence-corrected chi connectivity index (χ1v) is 6.43. The largest absolute Gasteiger partial charge is 0.322 e. The summed E-state index contributed by atoms with van der Waals surface area (Å²) in [4.78, 5) is 4.03. The highest BCUT2D eigenvalue weighted by Crippen LogP contribution is 2.21. The Hall–Kier alpha value is -2.27. The van der Waals surface area contributed by atoms with Crippen LogP contribution in [0.25, 0.3) is 10.9 Å². The molecule has 0 radical (unpaired) electrons. The molecule has 0 amide bonds. The van der Waals surface area contributed by atoms with Crippen molar-refractivity contribution < 1.29 is 4.39 Å². The average Bonchev–Trinajstić information content (AvgIpc) is 2.77. The van der Waals surface area contributed by atoms with E-state index in [2.05, 4.69) is 10.1 Å². The van der Waals surface area contributed by atoms with Gasteiger partial charge >= 0.3 is 0 Å². The van der Waals surface area contributed by atoms with Gasteiger partial charge < -0.3 is 5.73 Å². The monoisotopic (exact) mass is 270 g/mol. The van der Waals surface area contributed by atoms with Gasteiger partial charge in [-0.05, 0) is 18.2 Å². The van der Waals surface area contributed by atoms with Gasteiger partial charge in [-0.15, -0.1) is 0 Å². The molecule has 3 aromatic rings. The highest BCUT2D eigenvalue weighted by Gasteiger charge is 2.14. The number of para-hydroxylation sites is 1. The lowest BCUT2D eigenvalue weighted by Gasteiger charge is -2.09. The fourth-order valence-corrected chi connectivity index (χ4v) is 2.36. The fraction of sp³-hybridized carbons (Fsp3) is 0.200. The second-order valence-corrected chi connectivity index (χ2v) is 4.80. The minimum Gasteiger partial charge on any atom is -0.322 e. The Labute approximate surface area is 116 Å². The summed E-state index contributed by atoms with van der Waals surface area (Å²) >= 11 is 0. The van der Waals surface area contributed by atoms with E-state index in [4.69, 9.17) is 5.73 Å². The highest BCUT2D eigenvalue weighted by atomic mass is 19.1. The number of halogens is 1. The Balaban J connectivity index is 1.91. The maximum atomic E-state index is 12.9. The Morgan fingerprint density at radius 2 is 2.05 bits per heavy atom. The molecule has 2 heterocycles. The molecule has 102 valence electrons. The van der Waals surface area contributed by atoms with E-state index < -0.39 is 0 Å². The smallest absolute Gasteiger partial charge is 0.141 e. The molecule has 0 saturated heterocycles. The van der Waals surface area contributed by atoms with Gasteiger partial charge in [0, 0.05) is 18.9 Å². The molecule has 0 saturated carbocycles.